The molecule has 0 unspecified atom stereocenters. The van der Waals surface area contributed by atoms with Gasteiger partial charge in [-0.25, -0.2) is 0 Å². The maximum absolute atomic E-state index is 6.16. The summed E-state index contributed by atoms with van der Waals surface area (Å²) < 4.78 is 7.62. The van der Waals surface area contributed by atoms with E-state index in [1.54, 1.807) is 11.8 Å². The molecule has 0 saturated carbocycles. The number of halogens is 2. The van der Waals surface area contributed by atoms with Gasteiger partial charge in [0.2, 0.25) is 0 Å². The first-order valence-electron chi connectivity index (χ1n) is 9.46. The molecule has 0 aliphatic rings. The largest absolute Gasteiger partial charge is 0.494 e. The van der Waals surface area contributed by atoms with Crippen molar-refractivity contribution in [2.75, 3.05) is 6.61 Å². The Morgan fingerprint density at radius 3 is 2.37 bits per heavy atom. The second-order valence-corrected chi connectivity index (χ2v) is 8.23. The number of hydrogen-bond donors (Lipinski definition) is 0. The molecule has 7 heteroatoms. The predicted molar refractivity (Wildman–Crippen MR) is 124 cm³/mol. The van der Waals surface area contributed by atoms with E-state index < -0.39 is 0 Å². The average molecular weight is 456 g/mol. The molecule has 0 bridgehead atoms. The van der Waals surface area contributed by atoms with E-state index >= 15 is 0 Å². The van der Waals surface area contributed by atoms with Gasteiger partial charge in [-0.15, -0.1) is 10.2 Å². The van der Waals surface area contributed by atoms with E-state index in [0.29, 0.717) is 22.4 Å². The second kappa shape index (κ2) is 9.56. The highest BCUT2D eigenvalue weighted by molar-refractivity contribution is 7.98. The van der Waals surface area contributed by atoms with Crippen LogP contribution in [0.4, 0.5) is 0 Å². The summed E-state index contributed by atoms with van der Waals surface area (Å²) in [5, 5.41) is 10.9. The molecule has 30 heavy (non-hydrogen) atoms. The van der Waals surface area contributed by atoms with Gasteiger partial charge >= 0.3 is 0 Å². The topological polar surface area (TPSA) is 39.9 Å². The Kier molecular flexibility index (Phi) is 6.62. The summed E-state index contributed by atoms with van der Waals surface area (Å²) in [4.78, 5) is 0. The van der Waals surface area contributed by atoms with Crippen LogP contribution < -0.4 is 4.74 Å². The third kappa shape index (κ3) is 4.64. The molecule has 0 fully saturated rings. The van der Waals surface area contributed by atoms with Crippen LogP contribution in [0.2, 0.25) is 10.0 Å². The first kappa shape index (κ1) is 20.8. The number of rotatable bonds is 7. The van der Waals surface area contributed by atoms with E-state index in [1.807, 2.05) is 79.7 Å². The summed E-state index contributed by atoms with van der Waals surface area (Å²) in [7, 11) is 0. The van der Waals surface area contributed by atoms with E-state index in [2.05, 4.69) is 14.8 Å². The zero-order valence-electron chi connectivity index (χ0n) is 16.3. The number of thioether (sulfide) groups is 1. The maximum Gasteiger partial charge on any atom is 0.196 e. The standard InChI is InChI=1S/C23H19Cl2N3OS/c1-2-29-19-11-9-17(10-12-19)22-26-27-23(28(22)18-6-4-3-5-7-18)30-15-16-8-13-20(24)21(25)14-16/h3-14H,2,15H2,1H3. The minimum absolute atomic E-state index is 0.550. The van der Waals surface area contributed by atoms with Gasteiger partial charge < -0.3 is 4.74 Å². The van der Waals surface area contributed by atoms with Gasteiger partial charge in [-0.05, 0) is 61.0 Å². The summed E-state index contributed by atoms with van der Waals surface area (Å²) >= 11 is 13.8. The average Bonchev–Trinajstić information content (AvgIpc) is 3.20. The fourth-order valence-corrected chi connectivity index (χ4v) is 4.22. The van der Waals surface area contributed by atoms with E-state index in [-0.39, 0.29) is 0 Å². The molecule has 1 aromatic heterocycles. The lowest BCUT2D eigenvalue weighted by molar-refractivity contribution is 0.340. The van der Waals surface area contributed by atoms with Crippen LogP contribution in [0.15, 0.2) is 78.0 Å². The molecule has 4 rings (SSSR count). The minimum atomic E-state index is 0.550. The molecule has 0 atom stereocenters. The third-order valence-electron chi connectivity index (χ3n) is 4.42. The normalized spacial score (nSPS) is 10.9. The Bertz CT molecular complexity index is 1130. The van der Waals surface area contributed by atoms with Gasteiger partial charge in [0.05, 0.1) is 16.7 Å². The van der Waals surface area contributed by atoms with E-state index in [1.165, 1.54) is 0 Å². The van der Waals surface area contributed by atoms with Gasteiger partial charge in [0.1, 0.15) is 5.75 Å². The smallest absolute Gasteiger partial charge is 0.196 e. The van der Waals surface area contributed by atoms with Crippen LogP contribution in [0.1, 0.15) is 12.5 Å². The molecule has 0 amide bonds. The van der Waals surface area contributed by atoms with Gasteiger partial charge in [-0.2, -0.15) is 0 Å². The molecular formula is C23H19Cl2N3OS. The molecule has 1 heterocycles. The van der Waals surface area contributed by atoms with Gasteiger partial charge in [0, 0.05) is 17.0 Å². The third-order valence-corrected chi connectivity index (χ3v) is 6.16. The van der Waals surface area contributed by atoms with Gasteiger partial charge in [0.15, 0.2) is 11.0 Å². The van der Waals surface area contributed by atoms with Crippen molar-refractivity contribution in [1.82, 2.24) is 14.8 Å². The zero-order chi connectivity index (χ0) is 20.9. The van der Waals surface area contributed by atoms with Crippen molar-refractivity contribution in [2.45, 2.75) is 17.8 Å². The Hall–Kier alpha value is -2.47. The summed E-state index contributed by atoms with van der Waals surface area (Å²) in [5.74, 6) is 2.31. The molecule has 4 nitrogen and oxygen atoms in total. The van der Waals surface area contributed by atoms with E-state index in [4.69, 9.17) is 27.9 Å². The maximum atomic E-state index is 6.16. The van der Waals surface area contributed by atoms with Crippen LogP contribution >= 0.6 is 35.0 Å². The lowest BCUT2D eigenvalue weighted by Gasteiger charge is -2.11. The van der Waals surface area contributed by atoms with Crippen molar-refractivity contribution < 1.29 is 4.74 Å². The molecule has 0 aliphatic heterocycles. The predicted octanol–water partition coefficient (Wildman–Crippen LogP) is 6.93. The monoisotopic (exact) mass is 455 g/mol. The van der Waals surface area contributed by atoms with E-state index in [9.17, 15) is 0 Å². The van der Waals surface area contributed by atoms with Crippen LogP contribution in [0.5, 0.6) is 5.75 Å². The molecule has 0 saturated heterocycles. The Labute approximate surface area is 189 Å². The van der Waals surface area contributed by atoms with Crippen molar-refractivity contribution in [3.63, 3.8) is 0 Å². The highest BCUT2D eigenvalue weighted by Crippen LogP contribution is 2.31. The van der Waals surface area contributed by atoms with Gasteiger partial charge in [-0.3, -0.25) is 4.57 Å². The van der Waals surface area contributed by atoms with Crippen molar-refractivity contribution >= 4 is 35.0 Å². The van der Waals surface area contributed by atoms with Crippen LogP contribution in [-0.4, -0.2) is 21.4 Å². The summed E-state index contributed by atoms with van der Waals surface area (Å²) in [6.45, 7) is 2.60. The summed E-state index contributed by atoms with van der Waals surface area (Å²) in [6.07, 6.45) is 0. The molecular weight excluding hydrogens is 437 g/mol. The Balaban J connectivity index is 1.67. The van der Waals surface area contributed by atoms with E-state index in [0.717, 1.165) is 33.5 Å². The van der Waals surface area contributed by atoms with Gasteiger partial charge in [0.25, 0.3) is 0 Å². The Morgan fingerprint density at radius 2 is 1.67 bits per heavy atom. The quantitative estimate of drug-likeness (QED) is 0.283. The number of para-hydroxylation sites is 1. The molecule has 0 N–H and O–H groups in total. The number of aromatic nitrogens is 3. The number of benzene rings is 3. The minimum Gasteiger partial charge on any atom is -0.494 e. The van der Waals surface area contributed by atoms with Crippen LogP contribution in [0.25, 0.3) is 17.1 Å². The first-order chi connectivity index (χ1) is 14.7. The highest BCUT2D eigenvalue weighted by Gasteiger charge is 2.16. The number of nitrogens with zero attached hydrogens (tertiary/aromatic N) is 3. The first-order valence-corrected chi connectivity index (χ1v) is 11.2. The SMILES string of the molecule is CCOc1ccc(-c2nnc(SCc3ccc(Cl)c(Cl)c3)n2-c2ccccc2)cc1. The Morgan fingerprint density at radius 1 is 0.900 bits per heavy atom. The van der Waals surface area contributed by atoms with Crippen LogP contribution in [-0.2, 0) is 5.75 Å². The molecule has 152 valence electrons. The lowest BCUT2D eigenvalue weighted by Crippen LogP contribution is -2.00. The van der Waals surface area contributed by atoms with Gasteiger partial charge in [-0.1, -0.05) is 59.2 Å². The number of ether oxygens (including phenoxy) is 1. The summed E-state index contributed by atoms with van der Waals surface area (Å²) in [5.41, 5.74) is 3.04. The van der Waals surface area contributed by atoms with Crippen LogP contribution in [0, 0.1) is 0 Å². The van der Waals surface area contributed by atoms with Crippen molar-refractivity contribution in [2.24, 2.45) is 0 Å². The summed E-state index contributed by atoms with van der Waals surface area (Å²) in [6, 6.07) is 23.7. The van der Waals surface area contributed by atoms with Crippen LogP contribution in [0.3, 0.4) is 0 Å². The lowest BCUT2D eigenvalue weighted by atomic mass is 10.2. The fourth-order valence-electron chi connectivity index (χ4n) is 3.00. The van der Waals surface area contributed by atoms with Crippen molar-refractivity contribution in [1.29, 1.82) is 0 Å². The van der Waals surface area contributed by atoms with Crippen molar-refractivity contribution in [3.05, 3.63) is 88.4 Å². The van der Waals surface area contributed by atoms with Crippen molar-refractivity contribution in [3.8, 4) is 22.8 Å². The molecule has 4 aromatic rings. The molecule has 3 aromatic carbocycles. The number of hydrogen-bond acceptors (Lipinski definition) is 4. The molecule has 0 aliphatic carbocycles. The second-order valence-electron chi connectivity index (χ2n) is 6.47. The highest BCUT2D eigenvalue weighted by atomic mass is 35.5. The molecule has 0 radical (unpaired) electrons. The fraction of sp³-hybridized carbons (Fsp3) is 0.130. The zero-order valence-corrected chi connectivity index (χ0v) is 18.6. The molecule has 0 spiro atoms.